The van der Waals surface area contributed by atoms with E-state index in [9.17, 15) is 0 Å². The molecule has 1 rings (SSSR count). The van der Waals surface area contributed by atoms with Crippen molar-refractivity contribution >= 4 is 11.7 Å². The molecule has 0 saturated carbocycles. The number of hydrogen-bond donors (Lipinski definition) is 1. The van der Waals surface area contributed by atoms with Crippen molar-refractivity contribution in [3.63, 3.8) is 0 Å². The minimum atomic E-state index is -0.833. The van der Waals surface area contributed by atoms with Gasteiger partial charge in [0.1, 0.15) is 0 Å². The molecule has 0 aliphatic rings. The number of benzene rings is 1. The first-order chi connectivity index (χ1) is 7.11. The highest BCUT2D eigenvalue weighted by atomic mass is 16.4. The van der Waals surface area contributed by atoms with Crippen molar-refractivity contribution in [1.29, 1.82) is 0 Å². The molecule has 1 aromatic carbocycles. The van der Waals surface area contributed by atoms with Gasteiger partial charge in [0, 0.05) is 25.7 Å². The third-order valence-electron chi connectivity index (χ3n) is 1.88. The van der Waals surface area contributed by atoms with E-state index in [4.69, 9.17) is 9.90 Å². The van der Waals surface area contributed by atoms with Crippen LogP contribution in [0.4, 0.5) is 5.69 Å². The van der Waals surface area contributed by atoms with E-state index in [0.717, 1.165) is 20.0 Å². The predicted molar refractivity (Wildman–Crippen MR) is 63.3 cm³/mol. The molecule has 0 atom stereocenters. The van der Waals surface area contributed by atoms with Crippen LogP contribution in [0, 0.1) is 0 Å². The molecule has 0 amide bonds. The van der Waals surface area contributed by atoms with Gasteiger partial charge in [-0.05, 0) is 26.0 Å². The summed E-state index contributed by atoms with van der Waals surface area (Å²) in [7, 11) is 0. The van der Waals surface area contributed by atoms with Crippen LogP contribution in [0.1, 0.15) is 20.8 Å². The second-order valence-electron chi connectivity index (χ2n) is 3.03. The number of anilines is 1. The summed E-state index contributed by atoms with van der Waals surface area (Å²) in [6.45, 7) is 7.61. The zero-order valence-corrected chi connectivity index (χ0v) is 9.60. The molecule has 3 nitrogen and oxygen atoms in total. The van der Waals surface area contributed by atoms with Crippen molar-refractivity contribution in [2.75, 3.05) is 18.0 Å². The normalized spacial score (nSPS) is 8.73. The molecule has 0 heterocycles. The average molecular weight is 209 g/mol. The Morgan fingerprint density at radius 3 is 1.93 bits per heavy atom. The lowest BCUT2D eigenvalue weighted by Crippen LogP contribution is -2.21. The van der Waals surface area contributed by atoms with E-state index in [1.54, 1.807) is 0 Å². The lowest BCUT2D eigenvalue weighted by Gasteiger charge is -2.20. The van der Waals surface area contributed by atoms with E-state index < -0.39 is 5.97 Å². The molecule has 0 spiro atoms. The highest BCUT2D eigenvalue weighted by Gasteiger charge is 1.97. The fourth-order valence-electron chi connectivity index (χ4n) is 1.23. The van der Waals surface area contributed by atoms with Gasteiger partial charge in [0.15, 0.2) is 0 Å². The van der Waals surface area contributed by atoms with E-state index in [1.807, 2.05) is 6.07 Å². The van der Waals surface area contributed by atoms with E-state index in [-0.39, 0.29) is 0 Å². The first-order valence-electron chi connectivity index (χ1n) is 5.11. The van der Waals surface area contributed by atoms with Crippen molar-refractivity contribution in [2.24, 2.45) is 0 Å². The quantitative estimate of drug-likeness (QED) is 0.832. The number of para-hydroxylation sites is 1. The minimum absolute atomic E-state index is 0.833. The Kier molecular flexibility index (Phi) is 7.06. The Bertz CT molecular complexity index is 264. The summed E-state index contributed by atoms with van der Waals surface area (Å²) in [5.41, 5.74) is 1.32. The highest BCUT2D eigenvalue weighted by Crippen LogP contribution is 2.11. The van der Waals surface area contributed by atoms with Crippen LogP contribution < -0.4 is 4.90 Å². The van der Waals surface area contributed by atoms with E-state index in [2.05, 4.69) is 43.0 Å². The topological polar surface area (TPSA) is 40.5 Å². The van der Waals surface area contributed by atoms with Crippen LogP contribution in [-0.2, 0) is 4.79 Å². The van der Waals surface area contributed by atoms with Gasteiger partial charge in [-0.2, -0.15) is 0 Å². The number of aliphatic carboxylic acids is 1. The van der Waals surface area contributed by atoms with Crippen molar-refractivity contribution < 1.29 is 9.90 Å². The summed E-state index contributed by atoms with van der Waals surface area (Å²) < 4.78 is 0. The predicted octanol–water partition coefficient (Wildman–Crippen LogP) is 2.62. The zero-order chi connectivity index (χ0) is 11.7. The van der Waals surface area contributed by atoms with E-state index >= 15 is 0 Å². The summed E-state index contributed by atoms with van der Waals surface area (Å²) in [6.07, 6.45) is 0. The highest BCUT2D eigenvalue weighted by molar-refractivity contribution is 5.62. The average Bonchev–Trinajstić information content (AvgIpc) is 2.20. The fraction of sp³-hybridized carbons (Fsp3) is 0.417. The molecule has 3 heteroatoms. The van der Waals surface area contributed by atoms with Crippen LogP contribution in [0.25, 0.3) is 0 Å². The largest absolute Gasteiger partial charge is 0.481 e. The van der Waals surface area contributed by atoms with Gasteiger partial charge >= 0.3 is 0 Å². The Morgan fingerprint density at radius 1 is 1.20 bits per heavy atom. The molecule has 0 saturated heterocycles. The lowest BCUT2D eigenvalue weighted by atomic mass is 10.3. The lowest BCUT2D eigenvalue weighted by molar-refractivity contribution is -0.134. The summed E-state index contributed by atoms with van der Waals surface area (Å²) in [4.78, 5) is 11.3. The number of carboxylic acids is 1. The van der Waals surface area contributed by atoms with Crippen LogP contribution >= 0.6 is 0 Å². The first kappa shape index (κ1) is 13.5. The van der Waals surface area contributed by atoms with Gasteiger partial charge in [-0.3, -0.25) is 4.79 Å². The maximum Gasteiger partial charge on any atom is 0.300 e. The monoisotopic (exact) mass is 209 g/mol. The molecular formula is C12H19NO2. The van der Waals surface area contributed by atoms with Gasteiger partial charge < -0.3 is 10.0 Å². The Balaban J connectivity index is 0.000000423. The number of rotatable bonds is 3. The molecule has 0 radical (unpaired) electrons. The molecule has 0 unspecified atom stereocenters. The minimum Gasteiger partial charge on any atom is -0.481 e. The third kappa shape index (κ3) is 6.55. The van der Waals surface area contributed by atoms with Crippen LogP contribution in [-0.4, -0.2) is 24.2 Å². The molecule has 1 aromatic rings. The molecule has 0 aliphatic carbocycles. The summed E-state index contributed by atoms with van der Waals surface area (Å²) in [5, 5.41) is 7.42. The second kappa shape index (κ2) is 7.85. The number of hydrogen-bond acceptors (Lipinski definition) is 2. The van der Waals surface area contributed by atoms with E-state index in [0.29, 0.717) is 0 Å². The Hall–Kier alpha value is -1.51. The number of carbonyl (C=O) groups is 1. The van der Waals surface area contributed by atoms with Gasteiger partial charge in [-0.1, -0.05) is 18.2 Å². The standard InChI is InChI=1S/C10H15N.C2H4O2/c1-3-11(4-2)10-8-6-5-7-9-10;1-2(3)4/h5-9H,3-4H2,1-2H3;1H3,(H,3,4). The molecule has 0 aliphatic heterocycles. The Labute approximate surface area is 91.3 Å². The van der Waals surface area contributed by atoms with Gasteiger partial charge in [-0.25, -0.2) is 0 Å². The fourth-order valence-corrected chi connectivity index (χ4v) is 1.23. The van der Waals surface area contributed by atoms with Crippen molar-refractivity contribution in [3.05, 3.63) is 30.3 Å². The molecule has 15 heavy (non-hydrogen) atoms. The number of nitrogens with zero attached hydrogens (tertiary/aromatic N) is 1. The third-order valence-corrected chi connectivity index (χ3v) is 1.88. The van der Waals surface area contributed by atoms with Gasteiger partial charge in [0.2, 0.25) is 0 Å². The van der Waals surface area contributed by atoms with Crippen LogP contribution in [0.15, 0.2) is 30.3 Å². The van der Waals surface area contributed by atoms with Crippen molar-refractivity contribution in [1.82, 2.24) is 0 Å². The van der Waals surface area contributed by atoms with Crippen LogP contribution in [0.2, 0.25) is 0 Å². The summed E-state index contributed by atoms with van der Waals surface area (Å²) >= 11 is 0. The molecular weight excluding hydrogens is 190 g/mol. The molecule has 1 N–H and O–H groups in total. The first-order valence-corrected chi connectivity index (χ1v) is 5.11. The van der Waals surface area contributed by atoms with E-state index in [1.165, 1.54) is 5.69 Å². The number of carboxylic acid groups (broad SMARTS) is 1. The molecule has 84 valence electrons. The smallest absolute Gasteiger partial charge is 0.300 e. The van der Waals surface area contributed by atoms with Crippen molar-refractivity contribution in [2.45, 2.75) is 20.8 Å². The van der Waals surface area contributed by atoms with Crippen LogP contribution in [0.3, 0.4) is 0 Å². The molecule has 0 fully saturated rings. The van der Waals surface area contributed by atoms with Gasteiger partial charge in [0.25, 0.3) is 5.97 Å². The maximum atomic E-state index is 9.00. The Morgan fingerprint density at radius 2 is 1.60 bits per heavy atom. The maximum absolute atomic E-state index is 9.00. The van der Waals surface area contributed by atoms with Gasteiger partial charge in [0.05, 0.1) is 0 Å². The van der Waals surface area contributed by atoms with Gasteiger partial charge in [-0.15, -0.1) is 0 Å². The molecule has 0 bridgehead atoms. The second-order valence-corrected chi connectivity index (χ2v) is 3.03. The van der Waals surface area contributed by atoms with Crippen molar-refractivity contribution in [3.8, 4) is 0 Å². The summed E-state index contributed by atoms with van der Waals surface area (Å²) in [5.74, 6) is -0.833. The SMILES string of the molecule is CC(=O)O.CCN(CC)c1ccccc1. The molecule has 0 aromatic heterocycles. The summed E-state index contributed by atoms with van der Waals surface area (Å²) in [6, 6.07) is 10.5. The van der Waals surface area contributed by atoms with Crippen LogP contribution in [0.5, 0.6) is 0 Å². The zero-order valence-electron chi connectivity index (χ0n) is 9.60.